The van der Waals surface area contributed by atoms with Crippen molar-refractivity contribution < 1.29 is 9.53 Å². The van der Waals surface area contributed by atoms with Crippen LogP contribution in [0.3, 0.4) is 0 Å². The maximum absolute atomic E-state index is 10.6. The molecule has 3 heteroatoms. The Bertz CT molecular complexity index is 171. The van der Waals surface area contributed by atoms with E-state index in [1.807, 2.05) is 6.92 Å². The van der Waals surface area contributed by atoms with Crippen LogP contribution in [-0.4, -0.2) is 20.0 Å². The van der Waals surface area contributed by atoms with Crippen LogP contribution in [0.4, 0.5) is 0 Å². The van der Waals surface area contributed by atoms with Gasteiger partial charge in [-0.2, -0.15) is 0 Å². The van der Waals surface area contributed by atoms with Crippen molar-refractivity contribution in [3.8, 4) is 0 Å². The van der Waals surface area contributed by atoms with Gasteiger partial charge >= 0.3 is 0 Å². The Morgan fingerprint density at radius 1 is 1.67 bits per heavy atom. The van der Waals surface area contributed by atoms with E-state index in [0.717, 1.165) is 12.7 Å². The predicted molar refractivity (Wildman–Crippen MR) is 48.6 cm³/mol. The first-order valence-corrected chi connectivity index (χ1v) is 4.07. The van der Waals surface area contributed by atoms with Crippen molar-refractivity contribution in [2.75, 3.05) is 13.7 Å². The third-order valence-corrected chi connectivity index (χ3v) is 1.88. The van der Waals surface area contributed by atoms with Gasteiger partial charge in [0.15, 0.2) is 0 Å². The topological polar surface area (TPSA) is 52.3 Å². The van der Waals surface area contributed by atoms with Gasteiger partial charge in [0.25, 0.3) is 0 Å². The minimum atomic E-state index is 0.137. The maximum Gasteiger partial charge on any atom is 0.148 e. The molecule has 0 bridgehead atoms. The summed E-state index contributed by atoms with van der Waals surface area (Å²) in [7, 11) is 1.62. The second-order valence-electron chi connectivity index (χ2n) is 2.82. The van der Waals surface area contributed by atoms with E-state index in [9.17, 15) is 4.79 Å². The van der Waals surface area contributed by atoms with E-state index in [1.165, 1.54) is 0 Å². The van der Waals surface area contributed by atoms with Gasteiger partial charge in [0.1, 0.15) is 6.29 Å². The molecule has 0 rings (SSSR count). The number of nitrogens with two attached hydrogens (primary N) is 1. The molecular weight excluding hydrogens is 154 g/mol. The zero-order chi connectivity index (χ0) is 9.56. The highest BCUT2D eigenvalue weighted by Gasteiger charge is 2.12. The monoisotopic (exact) mass is 171 g/mol. The Morgan fingerprint density at radius 2 is 2.25 bits per heavy atom. The van der Waals surface area contributed by atoms with Crippen LogP contribution in [0.25, 0.3) is 0 Å². The van der Waals surface area contributed by atoms with Gasteiger partial charge in [0.2, 0.25) is 0 Å². The summed E-state index contributed by atoms with van der Waals surface area (Å²) in [6.07, 6.45) is 1.69. The summed E-state index contributed by atoms with van der Waals surface area (Å²) >= 11 is 0. The molecule has 70 valence electrons. The Morgan fingerprint density at radius 3 is 2.50 bits per heavy atom. The van der Waals surface area contributed by atoms with Crippen LogP contribution >= 0.6 is 0 Å². The second kappa shape index (κ2) is 5.77. The Hall–Kier alpha value is -0.830. The van der Waals surface area contributed by atoms with Gasteiger partial charge in [-0.1, -0.05) is 6.92 Å². The molecule has 0 saturated carbocycles. The van der Waals surface area contributed by atoms with Gasteiger partial charge in [-0.25, -0.2) is 0 Å². The molecule has 0 aromatic rings. The summed E-state index contributed by atoms with van der Waals surface area (Å²) < 4.78 is 4.98. The lowest BCUT2D eigenvalue weighted by atomic mass is 9.97. The van der Waals surface area contributed by atoms with Crippen molar-refractivity contribution in [1.29, 1.82) is 0 Å². The van der Waals surface area contributed by atoms with Crippen molar-refractivity contribution in [2.45, 2.75) is 20.3 Å². The molecule has 0 aliphatic heterocycles. The molecule has 0 aliphatic carbocycles. The van der Waals surface area contributed by atoms with Crippen molar-refractivity contribution in [2.24, 2.45) is 11.7 Å². The molecule has 2 N–H and O–H groups in total. The highest BCUT2D eigenvalue weighted by Crippen LogP contribution is 2.14. The van der Waals surface area contributed by atoms with E-state index in [-0.39, 0.29) is 5.92 Å². The van der Waals surface area contributed by atoms with E-state index < -0.39 is 0 Å². The highest BCUT2D eigenvalue weighted by atomic mass is 16.5. The molecule has 0 radical (unpaired) electrons. The third kappa shape index (κ3) is 3.05. The first kappa shape index (κ1) is 11.2. The summed E-state index contributed by atoms with van der Waals surface area (Å²) in [6, 6.07) is 0. The zero-order valence-corrected chi connectivity index (χ0v) is 7.96. The Labute approximate surface area is 73.6 Å². The van der Waals surface area contributed by atoms with Gasteiger partial charge < -0.3 is 10.5 Å². The van der Waals surface area contributed by atoms with Gasteiger partial charge in [-0.3, -0.25) is 4.79 Å². The molecule has 0 aromatic heterocycles. The highest BCUT2D eigenvalue weighted by molar-refractivity contribution is 5.75. The van der Waals surface area contributed by atoms with Crippen LogP contribution in [0.15, 0.2) is 11.3 Å². The van der Waals surface area contributed by atoms with Crippen LogP contribution in [0, 0.1) is 5.92 Å². The van der Waals surface area contributed by atoms with E-state index >= 15 is 0 Å². The molecule has 0 aromatic carbocycles. The van der Waals surface area contributed by atoms with Crippen molar-refractivity contribution in [3.63, 3.8) is 0 Å². The molecule has 0 saturated heterocycles. The lowest BCUT2D eigenvalue weighted by Crippen LogP contribution is -2.15. The lowest BCUT2D eigenvalue weighted by Gasteiger charge is -2.14. The molecule has 1 atom stereocenters. The van der Waals surface area contributed by atoms with Gasteiger partial charge in [0, 0.05) is 24.3 Å². The van der Waals surface area contributed by atoms with E-state index in [1.54, 1.807) is 14.0 Å². The van der Waals surface area contributed by atoms with E-state index in [2.05, 4.69) is 0 Å². The zero-order valence-electron chi connectivity index (χ0n) is 7.96. The normalized spacial score (nSPS) is 15.2. The van der Waals surface area contributed by atoms with Crippen LogP contribution in [-0.2, 0) is 9.53 Å². The number of hydrogen-bond donors (Lipinski definition) is 1. The van der Waals surface area contributed by atoms with Gasteiger partial charge in [-0.05, 0) is 13.3 Å². The second-order valence-corrected chi connectivity index (χ2v) is 2.82. The number of hydrogen-bond acceptors (Lipinski definition) is 3. The Kier molecular flexibility index (Phi) is 5.37. The summed E-state index contributed by atoms with van der Waals surface area (Å²) in [4.78, 5) is 10.6. The van der Waals surface area contributed by atoms with E-state index in [0.29, 0.717) is 17.9 Å². The molecule has 3 nitrogen and oxygen atoms in total. The third-order valence-electron chi connectivity index (χ3n) is 1.88. The number of rotatable bonds is 5. The quantitative estimate of drug-likeness (QED) is 0.497. The molecular formula is C9H17NO2. The number of carbonyl (C=O) groups excluding carboxylic acids is 1. The molecule has 12 heavy (non-hydrogen) atoms. The lowest BCUT2D eigenvalue weighted by molar-refractivity contribution is -0.105. The standard InChI is InChI=1S/C9H17NO2/c1-4-8(6-12-3)9(5-11)7(2)10/h5,8H,4,6,10H2,1-3H3/b9-7-/t8-/m0/s1. The number of allylic oxidation sites excluding steroid dienone is 1. The van der Waals surface area contributed by atoms with Crippen molar-refractivity contribution in [1.82, 2.24) is 0 Å². The fourth-order valence-corrected chi connectivity index (χ4v) is 1.14. The average molecular weight is 171 g/mol. The molecule has 0 unspecified atom stereocenters. The molecule has 0 amide bonds. The number of aldehydes is 1. The Balaban J connectivity index is 4.45. The van der Waals surface area contributed by atoms with Crippen molar-refractivity contribution >= 4 is 6.29 Å². The molecule has 0 heterocycles. The molecule has 0 aliphatic rings. The smallest absolute Gasteiger partial charge is 0.148 e. The summed E-state index contributed by atoms with van der Waals surface area (Å²) in [5.41, 5.74) is 6.80. The van der Waals surface area contributed by atoms with E-state index in [4.69, 9.17) is 10.5 Å². The minimum Gasteiger partial charge on any atom is -0.402 e. The fraction of sp³-hybridized carbons (Fsp3) is 0.667. The number of methoxy groups -OCH3 is 1. The minimum absolute atomic E-state index is 0.137. The maximum atomic E-state index is 10.6. The number of ether oxygens (including phenoxy) is 1. The van der Waals surface area contributed by atoms with Gasteiger partial charge in [0.05, 0.1) is 6.61 Å². The van der Waals surface area contributed by atoms with Crippen LogP contribution < -0.4 is 5.73 Å². The first-order valence-electron chi connectivity index (χ1n) is 4.07. The van der Waals surface area contributed by atoms with Crippen LogP contribution in [0.1, 0.15) is 20.3 Å². The largest absolute Gasteiger partial charge is 0.402 e. The predicted octanol–water partition coefficient (Wildman–Crippen LogP) is 1.09. The summed E-state index contributed by atoms with van der Waals surface area (Å²) in [5.74, 6) is 0.137. The summed E-state index contributed by atoms with van der Waals surface area (Å²) in [5, 5.41) is 0. The molecule has 0 spiro atoms. The SMILES string of the molecule is CC[C@@H](COC)/C(C=O)=C(/C)N. The first-order chi connectivity index (χ1) is 5.67. The van der Waals surface area contributed by atoms with Gasteiger partial charge in [-0.15, -0.1) is 0 Å². The summed E-state index contributed by atoms with van der Waals surface area (Å²) in [6.45, 7) is 4.30. The molecule has 0 fully saturated rings. The van der Waals surface area contributed by atoms with Crippen LogP contribution in [0.5, 0.6) is 0 Å². The average Bonchev–Trinajstić information content (AvgIpc) is 2.03. The van der Waals surface area contributed by atoms with Crippen molar-refractivity contribution in [3.05, 3.63) is 11.3 Å². The fourth-order valence-electron chi connectivity index (χ4n) is 1.14. The van der Waals surface area contributed by atoms with Crippen LogP contribution in [0.2, 0.25) is 0 Å². The number of carbonyl (C=O) groups is 1.